The average molecular weight is 273 g/mol. The van der Waals surface area contributed by atoms with E-state index < -0.39 is 0 Å². The Morgan fingerprint density at radius 1 is 1.60 bits per heavy atom. The van der Waals surface area contributed by atoms with Crippen LogP contribution in [-0.4, -0.2) is 51.8 Å². The molecule has 2 aromatic rings. The maximum atomic E-state index is 12.2. The minimum absolute atomic E-state index is 0.153. The summed E-state index contributed by atoms with van der Waals surface area (Å²) in [7, 11) is 0. The first-order valence-electron chi connectivity index (χ1n) is 6.52. The highest BCUT2D eigenvalue weighted by Gasteiger charge is 2.22. The number of aromatic amines is 1. The molecule has 3 rings (SSSR count). The predicted octanol–water partition coefficient (Wildman–Crippen LogP) is 0.166. The highest BCUT2D eigenvalue weighted by Crippen LogP contribution is 2.16. The van der Waals surface area contributed by atoms with Crippen LogP contribution in [0.25, 0.3) is 11.0 Å². The van der Waals surface area contributed by atoms with Crippen molar-refractivity contribution in [3.05, 3.63) is 24.3 Å². The largest absolute Gasteiger partial charge is 0.358 e. The van der Waals surface area contributed by atoms with Crippen LogP contribution in [0, 0.1) is 5.92 Å². The van der Waals surface area contributed by atoms with Gasteiger partial charge < -0.3 is 15.2 Å². The zero-order chi connectivity index (χ0) is 13.9. The molecule has 20 heavy (non-hydrogen) atoms. The van der Waals surface area contributed by atoms with Crippen LogP contribution in [0.2, 0.25) is 0 Å². The van der Waals surface area contributed by atoms with Gasteiger partial charge in [-0.2, -0.15) is 0 Å². The normalized spacial score (nSPS) is 18.4. The van der Waals surface area contributed by atoms with Crippen LogP contribution < -0.4 is 5.32 Å². The fraction of sp³-hybridized carbons (Fsp3) is 0.385. The summed E-state index contributed by atoms with van der Waals surface area (Å²) < 4.78 is 0. The zero-order valence-corrected chi connectivity index (χ0v) is 10.9. The molecule has 0 spiro atoms. The highest BCUT2D eigenvalue weighted by molar-refractivity contribution is 6.04. The number of fused-ring (bicyclic) bond motifs is 1. The fourth-order valence-electron chi connectivity index (χ4n) is 2.50. The summed E-state index contributed by atoms with van der Waals surface area (Å²) in [6.07, 6.45) is 6.48. The minimum atomic E-state index is -0.153. The van der Waals surface area contributed by atoms with Crippen molar-refractivity contribution in [3.8, 4) is 0 Å². The Kier molecular flexibility index (Phi) is 3.32. The monoisotopic (exact) mass is 273 g/mol. The Morgan fingerprint density at radius 3 is 3.30 bits per heavy atom. The molecule has 7 nitrogen and oxygen atoms in total. The molecular formula is C13H15N5O2. The molecule has 2 amide bonds. The van der Waals surface area contributed by atoms with Crippen LogP contribution in [-0.2, 0) is 4.79 Å². The molecule has 0 aromatic carbocycles. The lowest BCUT2D eigenvalue weighted by Gasteiger charge is -2.11. The van der Waals surface area contributed by atoms with Crippen LogP contribution in [0.1, 0.15) is 16.8 Å². The highest BCUT2D eigenvalue weighted by atomic mass is 16.1. The van der Waals surface area contributed by atoms with E-state index >= 15 is 0 Å². The summed E-state index contributed by atoms with van der Waals surface area (Å²) in [6, 6.07) is 0. The first-order valence-corrected chi connectivity index (χ1v) is 6.52. The molecule has 0 aliphatic carbocycles. The molecule has 0 bridgehead atoms. The number of amides is 2. The molecule has 0 saturated carbocycles. The van der Waals surface area contributed by atoms with E-state index in [1.54, 1.807) is 17.3 Å². The third-order valence-electron chi connectivity index (χ3n) is 3.60. The van der Waals surface area contributed by atoms with Crippen molar-refractivity contribution in [2.75, 3.05) is 19.6 Å². The van der Waals surface area contributed by atoms with Gasteiger partial charge in [-0.25, -0.2) is 9.97 Å². The van der Waals surface area contributed by atoms with Gasteiger partial charge in [-0.3, -0.25) is 9.59 Å². The molecular weight excluding hydrogens is 258 g/mol. The number of carbonyl (C=O) groups is 2. The van der Waals surface area contributed by atoms with E-state index in [9.17, 15) is 9.59 Å². The van der Waals surface area contributed by atoms with Crippen LogP contribution in [0.15, 0.2) is 18.7 Å². The first-order chi connectivity index (χ1) is 9.78. The van der Waals surface area contributed by atoms with E-state index in [0.717, 1.165) is 24.9 Å². The summed E-state index contributed by atoms with van der Waals surface area (Å²) in [6.45, 7) is 2.05. The third-order valence-corrected chi connectivity index (χ3v) is 3.60. The molecule has 2 N–H and O–H groups in total. The van der Waals surface area contributed by atoms with Gasteiger partial charge in [0.25, 0.3) is 5.91 Å². The molecule has 7 heteroatoms. The van der Waals surface area contributed by atoms with Gasteiger partial charge >= 0.3 is 0 Å². The third kappa shape index (κ3) is 2.34. The van der Waals surface area contributed by atoms with E-state index in [-0.39, 0.29) is 5.91 Å². The summed E-state index contributed by atoms with van der Waals surface area (Å²) in [5.74, 6) is 0.170. The number of nitrogens with one attached hydrogen (secondary N) is 2. The minimum Gasteiger partial charge on any atom is -0.358 e. The number of rotatable bonds is 4. The molecule has 1 unspecified atom stereocenters. The Labute approximate surface area is 115 Å². The van der Waals surface area contributed by atoms with E-state index in [2.05, 4.69) is 20.3 Å². The second kappa shape index (κ2) is 5.28. The number of likely N-dealkylation sites (tertiary alicyclic amines) is 1. The predicted molar refractivity (Wildman–Crippen MR) is 72.0 cm³/mol. The summed E-state index contributed by atoms with van der Waals surface area (Å²) in [5.41, 5.74) is 1.89. The Balaban J connectivity index is 1.64. The van der Waals surface area contributed by atoms with Gasteiger partial charge in [-0.15, -0.1) is 0 Å². The van der Waals surface area contributed by atoms with Gasteiger partial charge in [-0.1, -0.05) is 0 Å². The van der Waals surface area contributed by atoms with Crippen molar-refractivity contribution in [3.63, 3.8) is 0 Å². The van der Waals surface area contributed by atoms with Crippen molar-refractivity contribution < 1.29 is 9.59 Å². The van der Waals surface area contributed by atoms with Gasteiger partial charge in [0, 0.05) is 25.8 Å². The van der Waals surface area contributed by atoms with Crippen LogP contribution in [0.4, 0.5) is 0 Å². The van der Waals surface area contributed by atoms with E-state index in [4.69, 9.17) is 0 Å². The molecule has 1 aliphatic rings. The zero-order valence-electron chi connectivity index (χ0n) is 10.9. The maximum absolute atomic E-state index is 12.2. The molecule has 1 aliphatic heterocycles. The smallest absolute Gasteiger partial charge is 0.255 e. The first kappa shape index (κ1) is 12.6. The Bertz CT molecular complexity index is 638. The molecule has 3 heterocycles. The quantitative estimate of drug-likeness (QED) is 0.777. The van der Waals surface area contributed by atoms with Gasteiger partial charge in [0.05, 0.1) is 17.3 Å². The number of aromatic nitrogens is 3. The second-order valence-electron chi connectivity index (χ2n) is 4.95. The number of hydrogen-bond donors (Lipinski definition) is 2. The van der Waals surface area contributed by atoms with Crippen molar-refractivity contribution in [2.45, 2.75) is 6.42 Å². The second-order valence-corrected chi connectivity index (χ2v) is 4.95. The van der Waals surface area contributed by atoms with E-state index in [0.29, 0.717) is 30.1 Å². The molecule has 2 aromatic heterocycles. The molecule has 0 radical (unpaired) electrons. The Hall–Kier alpha value is -2.44. The lowest BCUT2D eigenvalue weighted by molar-refractivity contribution is -0.117. The number of carbonyl (C=O) groups excluding carboxylic acids is 2. The van der Waals surface area contributed by atoms with Crippen molar-refractivity contribution in [1.82, 2.24) is 25.2 Å². The SMILES string of the molecule is O=CN1CCC(CNC(=O)c2c[nH]c3cncnc23)C1. The maximum Gasteiger partial charge on any atom is 0.255 e. The van der Waals surface area contributed by atoms with E-state index in [1.165, 1.54) is 6.33 Å². The summed E-state index contributed by atoms with van der Waals surface area (Å²) >= 11 is 0. The number of H-pyrrole nitrogens is 1. The van der Waals surface area contributed by atoms with Gasteiger partial charge in [0.2, 0.25) is 6.41 Å². The molecule has 104 valence electrons. The molecule has 1 saturated heterocycles. The van der Waals surface area contributed by atoms with Crippen molar-refractivity contribution in [1.29, 1.82) is 0 Å². The van der Waals surface area contributed by atoms with Gasteiger partial charge in [0.1, 0.15) is 11.8 Å². The number of hydrogen-bond acceptors (Lipinski definition) is 4. The standard InChI is InChI=1S/C13H15N5O2/c19-8-18-2-1-9(6-18)3-16-13(20)10-4-15-11-5-14-7-17-12(10)11/h4-5,7-9,15H,1-3,6H2,(H,16,20). The van der Waals surface area contributed by atoms with Gasteiger partial charge in [-0.05, 0) is 12.3 Å². The lowest BCUT2D eigenvalue weighted by atomic mass is 10.1. The van der Waals surface area contributed by atoms with Gasteiger partial charge in [0.15, 0.2) is 0 Å². The molecule has 1 atom stereocenters. The van der Waals surface area contributed by atoms with E-state index in [1.807, 2.05) is 0 Å². The summed E-state index contributed by atoms with van der Waals surface area (Å²) in [4.78, 5) is 35.5. The van der Waals surface area contributed by atoms with Crippen LogP contribution in [0.3, 0.4) is 0 Å². The number of nitrogens with zero attached hydrogens (tertiary/aromatic N) is 3. The van der Waals surface area contributed by atoms with Crippen LogP contribution in [0.5, 0.6) is 0 Å². The summed E-state index contributed by atoms with van der Waals surface area (Å²) in [5, 5.41) is 2.90. The fourth-order valence-corrected chi connectivity index (χ4v) is 2.50. The average Bonchev–Trinajstić information content (AvgIpc) is 3.11. The van der Waals surface area contributed by atoms with Crippen LogP contribution >= 0.6 is 0 Å². The van der Waals surface area contributed by atoms with Crippen molar-refractivity contribution >= 4 is 23.4 Å². The lowest BCUT2D eigenvalue weighted by Crippen LogP contribution is -2.30. The topological polar surface area (TPSA) is 91.0 Å². The Morgan fingerprint density at radius 2 is 2.50 bits per heavy atom. The molecule has 1 fully saturated rings. The van der Waals surface area contributed by atoms with Crippen molar-refractivity contribution in [2.24, 2.45) is 5.92 Å².